The normalized spacial score (nSPS) is 25.1. The van der Waals surface area contributed by atoms with Gasteiger partial charge >= 0.3 is 0 Å². The van der Waals surface area contributed by atoms with Crippen molar-refractivity contribution in [3.63, 3.8) is 0 Å². The first-order valence-corrected chi connectivity index (χ1v) is 4.24. The van der Waals surface area contributed by atoms with Gasteiger partial charge in [-0.15, -0.1) is 0 Å². The van der Waals surface area contributed by atoms with Crippen molar-refractivity contribution in [2.75, 3.05) is 13.2 Å². The first-order chi connectivity index (χ1) is 4.96. The Kier molecular flexibility index (Phi) is 2.26. The lowest BCUT2D eigenvalue weighted by atomic mass is 9.86. The van der Waals surface area contributed by atoms with Crippen LogP contribution in [-0.2, 0) is 9.47 Å². The lowest BCUT2D eigenvalue weighted by Gasteiger charge is -2.43. The standard InChI is InChI=1S/C9H18O2/c1-8(2,3)9(4)10-6-5-7-11-9/h5-7H2,1-4H3. The van der Waals surface area contributed by atoms with Crippen LogP contribution in [0.1, 0.15) is 34.1 Å². The molecule has 1 heterocycles. The van der Waals surface area contributed by atoms with Crippen molar-refractivity contribution in [1.29, 1.82) is 0 Å². The van der Waals surface area contributed by atoms with Gasteiger partial charge in [-0.3, -0.25) is 0 Å². The third kappa shape index (κ3) is 1.74. The van der Waals surface area contributed by atoms with Gasteiger partial charge in [0.1, 0.15) is 0 Å². The molecule has 0 aromatic rings. The highest BCUT2D eigenvalue weighted by molar-refractivity contribution is 4.81. The zero-order valence-electron chi connectivity index (χ0n) is 7.94. The Morgan fingerprint density at radius 3 is 1.82 bits per heavy atom. The molecule has 0 atom stereocenters. The van der Waals surface area contributed by atoms with E-state index in [1.807, 2.05) is 6.92 Å². The fourth-order valence-corrected chi connectivity index (χ4v) is 1.07. The first kappa shape index (κ1) is 9.01. The van der Waals surface area contributed by atoms with Gasteiger partial charge < -0.3 is 9.47 Å². The summed E-state index contributed by atoms with van der Waals surface area (Å²) in [5.74, 6) is -0.384. The summed E-state index contributed by atoms with van der Waals surface area (Å²) in [6.45, 7) is 10.1. The van der Waals surface area contributed by atoms with E-state index in [-0.39, 0.29) is 11.2 Å². The summed E-state index contributed by atoms with van der Waals surface area (Å²) in [6, 6.07) is 0. The molecule has 66 valence electrons. The van der Waals surface area contributed by atoms with Gasteiger partial charge in [0.25, 0.3) is 0 Å². The van der Waals surface area contributed by atoms with E-state index < -0.39 is 0 Å². The molecule has 0 aromatic carbocycles. The highest BCUT2D eigenvalue weighted by atomic mass is 16.7. The van der Waals surface area contributed by atoms with E-state index in [9.17, 15) is 0 Å². The highest BCUT2D eigenvalue weighted by Crippen LogP contribution is 2.36. The Morgan fingerprint density at radius 2 is 1.55 bits per heavy atom. The van der Waals surface area contributed by atoms with Crippen LogP contribution in [0.4, 0.5) is 0 Å². The van der Waals surface area contributed by atoms with Crippen LogP contribution in [0.15, 0.2) is 0 Å². The molecule has 11 heavy (non-hydrogen) atoms. The summed E-state index contributed by atoms with van der Waals surface area (Å²) in [5, 5.41) is 0. The third-order valence-corrected chi connectivity index (χ3v) is 2.41. The quantitative estimate of drug-likeness (QED) is 0.538. The Balaban J connectivity index is 2.64. The third-order valence-electron chi connectivity index (χ3n) is 2.41. The Bertz CT molecular complexity index is 129. The molecule has 0 saturated carbocycles. The SMILES string of the molecule is CC(C)(C)C1(C)OCCCO1. The summed E-state index contributed by atoms with van der Waals surface area (Å²) in [4.78, 5) is 0. The number of hydrogen-bond donors (Lipinski definition) is 0. The van der Waals surface area contributed by atoms with Crippen LogP contribution in [0.5, 0.6) is 0 Å². The molecule has 0 bridgehead atoms. The monoisotopic (exact) mass is 158 g/mol. The van der Waals surface area contributed by atoms with Crippen molar-refractivity contribution in [2.24, 2.45) is 5.41 Å². The van der Waals surface area contributed by atoms with Crippen molar-refractivity contribution in [3.8, 4) is 0 Å². The molecule has 0 spiro atoms. The predicted molar refractivity (Wildman–Crippen MR) is 44.4 cm³/mol. The molecule has 1 fully saturated rings. The summed E-state index contributed by atoms with van der Waals surface area (Å²) < 4.78 is 11.2. The zero-order chi connectivity index (χ0) is 8.54. The summed E-state index contributed by atoms with van der Waals surface area (Å²) >= 11 is 0. The lowest BCUT2D eigenvalue weighted by Crippen LogP contribution is -2.48. The minimum atomic E-state index is -0.384. The van der Waals surface area contributed by atoms with E-state index in [0.717, 1.165) is 19.6 Å². The molecule has 1 aliphatic rings. The van der Waals surface area contributed by atoms with Gasteiger partial charge in [-0.05, 0) is 13.3 Å². The Morgan fingerprint density at radius 1 is 1.09 bits per heavy atom. The molecule has 0 amide bonds. The molecule has 0 unspecified atom stereocenters. The summed E-state index contributed by atoms with van der Waals surface area (Å²) in [5.41, 5.74) is 0.0629. The van der Waals surface area contributed by atoms with Crippen molar-refractivity contribution in [2.45, 2.75) is 39.9 Å². The van der Waals surface area contributed by atoms with Crippen LogP contribution in [0.2, 0.25) is 0 Å². The minimum Gasteiger partial charge on any atom is -0.350 e. The van der Waals surface area contributed by atoms with Crippen LogP contribution in [0, 0.1) is 5.41 Å². The van der Waals surface area contributed by atoms with Crippen LogP contribution in [0.25, 0.3) is 0 Å². The second kappa shape index (κ2) is 2.76. The van der Waals surface area contributed by atoms with Gasteiger partial charge in [-0.1, -0.05) is 20.8 Å². The highest BCUT2D eigenvalue weighted by Gasteiger charge is 2.41. The van der Waals surface area contributed by atoms with E-state index in [4.69, 9.17) is 9.47 Å². The average Bonchev–Trinajstić information content (AvgIpc) is 1.87. The fourth-order valence-electron chi connectivity index (χ4n) is 1.07. The number of rotatable bonds is 0. The molecule has 0 N–H and O–H groups in total. The minimum absolute atomic E-state index is 0.0629. The van der Waals surface area contributed by atoms with Crippen molar-refractivity contribution >= 4 is 0 Å². The van der Waals surface area contributed by atoms with Crippen LogP contribution >= 0.6 is 0 Å². The predicted octanol–water partition coefficient (Wildman–Crippen LogP) is 2.19. The molecule has 0 radical (unpaired) electrons. The number of ether oxygens (including phenoxy) is 2. The summed E-state index contributed by atoms with van der Waals surface area (Å²) in [6.07, 6.45) is 1.02. The Hall–Kier alpha value is -0.0800. The van der Waals surface area contributed by atoms with Gasteiger partial charge in [0.05, 0.1) is 13.2 Å². The Labute approximate surface area is 68.9 Å². The maximum atomic E-state index is 5.61. The largest absolute Gasteiger partial charge is 0.350 e. The molecular formula is C9H18O2. The van der Waals surface area contributed by atoms with Crippen LogP contribution < -0.4 is 0 Å². The summed E-state index contributed by atoms with van der Waals surface area (Å²) in [7, 11) is 0. The molecular weight excluding hydrogens is 140 g/mol. The first-order valence-electron chi connectivity index (χ1n) is 4.24. The van der Waals surface area contributed by atoms with Crippen LogP contribution in [0.3, 0.4) is 0 Å². The van der Waals surface area contributed by atoms with Gasteiger partial charge in [0.2, 0.25) is 0 Å². The maximum absolute atomic E-state index is 5.61. The maximum Gasteiger partial charge on any atom is 0.170 e. The molecule has 1 aliphatic heterocycles. The smallest absolute Gasteiger partial charge is 0.170 e. The number of hydrogen-bond acceptors (Lipinski definition) is 2. The lowest BCUT2D eigenvalue weighted by molar-refractivity contribution is -0.302. The van der Waals surface area contributed by atoms with Crippen LogP contribution in [-0.4, -0.2) is 19.0 Å². The van der Waals surface area contributed by atoms with Gasteiger partial charge in [0, 0.05) is 5.41 Å². The average molecular weight is 158 g/mol. The molecule has 2 nitrogen and oxygen atoms in total. The van der Waals surface area contributed by atoms with E-state index in [0.29, 0.717) is 0 Å². The van der Waals surface area contributed by atoms with Crippen molar-refractivity contribution in [1.82, 2.24) is 0 Å². The van der Waals surface area contributed by atoms with Crippen molar-refractivity contribution < 1.29 is 9.47 Å². The van der Waals surface area contributed by atoms with E-state index in [1.54, 1.807) is 0 Å². The fraction of sp³-hybridized carbons (Fsp3) is 1.00. The molecule has 1 saturated heterocycles. The van der Waals surface area contributed by atoms with E-state index in [1.165, 1.54) is 0 Å². The van der Waals surface area contributed by atoms with Crippen molar-refractivity contribution in [3.05, 3.63) is 0 Å². The zero-order valence-corrected chi connectivity index (χ0v) is 7.94. The van der Waals surface area contributed by atoms with E-state index >= 15 is 0 Å². The second-order valence-electron chi connectivity index (χ2n) is 4.25. The second-order valence-corrected chi connectivity index (χ2v) is 4.25. The van der Waals surface area contributed by atoms with Gasteiger partial charge in [0.15, 0.2) is 5.79 Å². The molecule has 0 aromatic heterocycles. The molecule has 2 heteroatoms. The van der Waals surface area contributed by atoms with E-state index in [2.05, 4.69) is 20.8 Å². The molecule has 0 aliphatic carbocycles. The topological polar surface area (TPSA) is 18.5 Å². The van der Waals surface area contributed by atoms with Gasteiger partial charge in [-0.25, -0.2) is 0 Å². The molecule has 1 rings (SSSR count). The van der Waals surface area contributed by atoms with Gasteiger partial charge in [-0.2, -0.15) is 0 Å².